The van der Waals surface area contributed by atoms with Crippen molar-refractivity contribution in [3.63, 3.8) is 0 Å². The van der Waals surface area contributed by atoms with Gasteiger partial charge in [-0.1, -0.05) is 0 Å². The van der Waals surface area contributed by atoms with Crippen LogP contribution >= 0.6 is 12.6 Å². The lowest BCUT2D eigenvalue weighted by atomic mass is 10.1. The first-order chi connectivity index (χ1) is 7.84. The number of hydrogen-bond donors (Lipinski definition) is 1. The highest BCUT2D eigenvalue weighted by Gasteiger charge is 2.23. The van der Waals surface area contributed by atoms with Crippen molar-refractivity contribution in [3.8, 4) is 0 Å². The average molecular weight is 231 g/mol. The fraction of sp³-hybridized carbons (Fsp3) is 0.333. The minimum absolute atomic E-state index is 0.347. The molecular weight excluding hydrogens is 218 g/mol. The van der Waals surface area contributed by atoms with Crippen LogP contribution in [0, 0.1) is 0 Å². The van der Waals surface area contributed by atoms with E-state index in [1.54, 1.807) is 0 Å². The predicted molar refractivity (Wildman–Crippen MR) is 65.6 cm³/mol. The predicted octanol–water partition coefficient (Wildman–Crippen LogP) is 2.24. The van der Waals surface area contributed by atoms with Gasteiger partial charge in [-0.25, -0.2) is 4.98 Å². The summed E-state index contributed by atoms with van der Waals surface area (Å²) in [4.78, 5) is 8.50. The van der Waals surface area contributed by atoms with Crippen LogP contribution in [0.2, 0.25) is 0 Å². The number of imidazole rings is 1. The monoisotopic (exact) mass is 231 g/mol. The fourth-order valence-electron chi connectivity index (χ4n) is 2.22. The van der Waals surface area contributed by atoms with E-state index in [4.69, 9.17) is 0 Å². The summed E-state index contributed by atoms with van der Waals surface area (Å²) in [5.41, 5.74) is 3.70. The number of nitrogens with zero attached hydrogens (tertiary/aromatic N) is 3. The van der Waals surface area contributed by atoms with Crippen molar-refractivity contribution in [2.45, 2.75) is 24.6 Å². The summed E-state index contributed by atoms with van der Waals surface area (Å²) in [6.45, 7) is 1.05. The van der Waals surface area contributed by atoms with Gasteiger partial charge in [-0.15, -0.1) is 0 Å². The third-order valence-electron chi connectivity index (χ3n) is 3.04. The molecule has 0 saturated heterocycles. The molecule has 0 bridgehead atoms. The first kappa shape index (κ1) is 9.90. The second-order valence-corrected chi connectivity index (χ2v) is 4.73. The Balaban J connectivity index is 1.92. The fourth-order valence-corrected chi connectivity index (χ4v) is 2.64. The second kappa shape index (κ2) is 3.94. The number of fused-ring (bicyclic) bond motifs is 1. The van der Waals surface area contributed by atoms with E-state index < -0.39 is 0 Å². The van der Waals surface area contributed by atoms with Crippen molar-refractivity contribution >= 4 is 12.6 Å². The van der Waals surface area contributed by atoms with Crippen molar-refractivity contribution in [1.29, 1.82) is 0 Å². The molecule has 0 saturated carbocycles. The van der Waals surface area contributed by atoms with E-state index in [0.717, 1.165) is 25.1 Å². The Labute approximate surface area is 100.0 Å². The zero-order chi connectivity index (χ0) is 11.0. The molecule has 82 valence electrons. The van der Waals surface area contributed by atoms with Gasteiger partial charge in [0.25, 0.3) is 0 Å². The van der Waals surface area contributed by atoms with Crippen LogP contribution in [0.1, 0.15) is 28.6 Å². The zero-order valence-corrected chi connectivity index (χ0v) is 9.77. The molecule has 0 aromatic carbocycles. The van der Waals surface area contributed by atoms with E-state index in [1.807, 2.05) is 30.9 Å². The summed E-state index contributed by atoms with van der Waals surface area (Å²) in [6.07, 6.45) is 7.57. The van der Waals surface area contributed by atoms with Gasteiger partial charge in [-0.05, 0) is 24.1 Å². The second-order valence-electron chi connectivity index (χ2n) is 4.11. The smallest absolute Gasteiger partial charge is 0.0952 e. The Bertz CT molecular complexity index is 492. The molecule has 0 amide bonds. The van der Waals surface area contributed by atoms with Crippen LogP contribution in [0.4, 0.5) is 0 Å². The van der Waals surface area contributed by atoms with Crippen LogP contribution in [0.15, 0.2) is 30.9 Å². The average Bonchev–Trinajstić information content (AvgIpc) is 2.86. The molecule has 3 nitrogen and oxygen atoms in total. The minimum atomic E-state index is 0.347. The first-order valence-electron chi connectivity index (χ1n) is 5.45. The normalized spacial score (nSPS) is 18.7. The lowest BCUT2D eigenvalue weighted by Gasteiger charge is -2.04. The molecule has 3 heterocycles. The van der Waals surface area contributed by atoms with E-state index >= 15 is 0 Å². The summed E-state index contributed by atoms with van der Waals surface area (Å²) in [6, 6.07) is 4.07. The highest BCUT2D eigenvalue weighted by atomic mass is 32.1. The van der Waals surface area contributed by atoms with E-state index in [2.05, 4.69) is 27.2 Å². The molecule has 1 aliphatic rings. The lowest BCUT2D eigenvalue weighted by molar-refractivity contribution is 0.739. The topological polar surface area (TPSA) is 30.7 Å². The quantitative estimate of drug-likeness (QED) is 0.804. The molecule has 4 heteroatoms. The number of aryl methyl sites for hydroxylation is 1. The Morgan fingerprint density at radius 2 is 2.19 bits per heavy atom. The zero-order valence-electron chi connectivity index (χ0n) is 8.87. The maximum absolute atomic E-state index is 4.60. The van der Waals surface area contributed by atoms with Gasteiger partial charge in [0, 0.05) is 30.6 Å². The van der Waals surface area contributed by atoms with Crippen molar-refractivity contribution in [3.05, 3.63) is 47.8 Å². The van der Waals surface area contributed by atoms with Crippen LogP contribution in [0.5, 0.6) is 0 Å². The van der Waals surface area contributed by atoms with Crippen molar-refractivity contribution < 1.29 is 0 Å². The molecule has 0 aliphatic carbocycles. The van der Waals surface area contributed by atoms with Gasteiger partial charge in [0.15, 0.2) is 0 Å². The first-order valence-corrected chi connectivity index (χ1v) is 5.97. The highest BCUT2D eigenvalue weighted by molar-refractivity contribution is 7.80. The summed E-state index contributed by atoms with van der Waals surface area (Å²) in [5.74, 6) is 0. The molecule has 2 aromatic rings. The lowest BCUT2D eigenvalue weighted by Crippen LogP contribution is -1.96. The van der Waals surface area contributed by atoms with E-state index in [-0.39, 0.29) is 0 Å². The van der Waals surface area contributed by atoms with Crippen LogP contribution in [-0.4, -0.2) is 14.5 Å². The molecule has 0 spiro atoms. The van der Waals surface area contributed by atoms with Crippen molar-refractivity contribution in [1.82, 2.24) is 14.5 Å². The highest BCUT2D eigenvalue weighted by Crippen LogP contribution is 2.33. The van der Waals surface area contributed by atoms with Crippen LogP contribution < -0.4 is 0 Å². The van der Waals surface area contributed by atoms with Crippen LogP contribution in [-0.2, 0) is 13.0 Å². The summed E-state index contributed by atoms with van der Waals surface area (Å²) in [5, 5.41) is 0.347. The van der Waals surface area contributed by atoms with Gasteiger partial charge < -0.3 is 4.57 Å². The molecule has 16 heavy (non-hydrogen) atoms. The molecular formula is C12H13N3S. The van der Waals surface area contributed by atoms with Gasteiger partial charge in [-0.3, -0.25) is 4.98 Å². The third-order valence-corrected chi connectivity index (χ3v) is 3.54. The number of pyridine rings is 1. The van der Waals surface area contributed by atoms with Gasteiger partial charge in [0.1, 0.15) is 0 Å². The van der Waals surface area contributed by atoms with Crippen molar-refractivity contribution in [2.75, 3.05) is 0 Å². The molecule has 0 radical (unpaired) electrons. The molecule has 1 unspecified atom stereocenters. The maximum atomic E-state index is 4.60. The van der Waals surface area contributed by atoms with Crippen LogP contribution in [0.25, 0.3) is 0 Å². The minimum Gasteiger partial charge on any atom is -0.333 e. The molecule has 0 N–H and O–H groups in total. The number of thiol groups is 1. The van der Waals surface area contributed by atoms with E-state index in [9.17, 15) is 0 Å². The number of aromatic nitrogens is 3. The SMILES string of the molecule is SC1CCn2cnc(Cc3ccncc3)c21. The molecule has 1 aliphatic heterocycles. The third kappa shape index (κ3) is 1.63. The molecule has 1 atom stereocenters. The Hall–Kier alpha value is -1.29. The molecule has 0 fully saturated rings. The Kier molecular flexibility index (Phi) is 2.44. The number of hydrogen-bond acceptors (Lipinski definition) is 3. The maximum Gasteiger partial charge on any atom is 0.0952 e. The van der Waals surface area contributed by atoms with Gasteiger partial charge in [0.05, 0.1) is 17.7 Å². The van der Waals surface area contributed by atoms with E-state index in [0.29, 0.717) is 5.25 Å². The van der Waals surface area contributed by atoms with Crippen LogP contribution in [0.3, 0.4) is 0 Å². The van der Waals surface area contributed by atoms with E-state index in [1.165, 1.54) is 11.3 Å². The standard InChI is InChI=1S/C12H13N3S/c16-11-3-6-15-8-14-10(12(11)15)7-9-1-4-13-5-2-9/h1-2,4-5,8,11,16H,3,6-7H2. The van der Waals surface area contributed by atoms with Crippen molar-refractivity contribution in [2.24, 2.45) is 0 Å². The Morgan fingerprint density at radius 3 is 3.00 bits per heavy atom. The van der Waals surface area contributed by atoms with Gasteiger partial charge in [0.2, 0.25) is 0 Å². The number of rotatable bonds is 2. The van der Waals surface area contributed by atoms with Gasteiger partial charge in [-0.2, -0.15) is 12.6 Å². The van der Waals surface area contributed by atoms with Gasteiger partial charge >= 0.3 is 0 Å². The summed E-state index contributed by atoms with van der Waals surface area (Å²) < 4.78 is 2.22. The molecule has 3 rings (SSSR count). The molecule has 2 aromatic heterocycles. The summed E-state index contributed by atoms with van der Waals surface area (Å²) in [7, 11) is 0. The summed E-state index contributed by atoms with van der Waals surface area (Å²) >= 11 is 4.60. The Morgan fingerprint density at radius 1 is 1.38 bits per heavy atom. The largest absolute Gasteiger partial charge is 0.333 e.